The molecule has 0 radical (unpaired) electrons. The fraction of sp³-hybridized carbons (Fsp3) is 0.385. The molecule has 3 aromatic rings. The summed E-state index contributed by atoms with van der Waals surface area (Å²) in [5.41, 5.74) is 3.20. The first-order chi connectivity index (χ1) is 17.3. The molecule has 1 aliphatic rings. The van der Waals surface area contributed by atoms with E-state index in [0.29, 0.717) is 30.4 Å². The molecule has 192 valence electrons. The maximum atomic E-state index is 13.4. The second-order valence-corrected chi connectivity index (χ2v) is 10.8. The lowest BCUT2D eigenvalue weighted by Gasteiger charge is -2.33. The van der Waals surface area contributed by atoms with E-state index in [9.17, 15) is 12.8 Å². The molecule has 2 N–H and O–H groups in total. The number of piperidine rings is 1. The van der Waals surface area contributed by atoms with Crippen LogP contribution in [0.1, 0.15) is 24.0 Å². The Morgan fingerprint density at radius 1 is 1.17 bits per heavy atom. The first kappa shape index (κ1) is 26.0. The molecular formula is C26H32FN5O3S. The van der Waals surface area contributed by atoms with Crippen LogP contribution in [0.5, 0.6) is 5.75 Å². The molecule has 0 saturated carbocycles. The van der Waals surface area contributed by atoms with Gasteiger partial charge in [-0.05, 0) is 74.3 Å². The van der Waals surface area contributed by atoms with Gasteiger partial charge in [-0.3, -0.25) is 0 Å². The molecule has 2 aromatic carbocycles. The van der Waals surface area contributed by atoms with Crippen molar-refractivity contribution in [2.45, 2.75) is 31.8 Å². The van der Waals surface area contributed by atoms with Gasteiger partial charge in [-0.25, -0.2) is 22.8 Å². The molecule has 8 nitrogen and oxygen atoms in total. The van der Waals surface area contributed by atoms with E-state index in [2.05, 4.69) is 20.6 Å². The number of sulfonamides is 1. The van der Waals surface area contributed by atoms with Crippen molar-refractivity contribution in [3.05, 3.63) is 71.7 Å². The molecule has 1 fully saturated rings. The van der Waals surface area contributed by atoms with Crippen molar-refractivity contribution < 1.29 is 17.5 Å². The maximum Gasteiger partial charge on any atom is 0.223 e. The highest BCUT2D eigenvalue weighted by molar-refractivity contribution is 7.88. The maximum absolute atomic E-state index is 13.4. The monoisotopic (exact) mass is 513 g/mol. The van der Waals surface area contributed by atoms with Crippen LogP contribution >= 0.6 is 0 Å². The summed E-state index contributed by atoms with van der Waals surface area (Å²) in [4.78, 5) is 8.93. The molecule has 0 unspecified atom stereocenters. The summed E-state index contributed by atoms with van der Waals surface area (Å²) in [5, 5.41) is 6.48. The Bertz CT molecular complexity index is 1280. The van der Waals surface area contributed by atoms with Crippen molar-refractivity contribution in [2.75, 3.05) is 38.3 Å². The summed E-state index contributed by atoms with van der Waals surface area (Å²) in [6, 6.07) is 13.9. The number of benzene rings is 2. The number of aromatic nitrogens is 2. The van der Waals surface area contributed by atoms with Gasteiger partial charge < -0.3 is 15.4 Å². The van der Waals surface area contributed by atoms with E-state index in [0.717, 1.165) is 42.6 Å². The Kier molecular flexibility index (Phi) is 8.50. The quantitative estimate of drug-likeness (QED) is 0.429. The van der Waals surface area contributed by atoms with Crippen molar-refractivity contribution in [3.8, 4) is 17.0 Å². The third-order valence-electron chi connectivity index (χ3n) is 6.29. The number of methoxy groups -OCH3 is 1. The topological polar surface area (TPSA) is 96.4 Å². The third kappa shape index (κ3) is 6.77. The zero-order valence-electron chi connectivity index (χ0n) is 20.6. The fourth-order valence-corrected chi connectivity index (χ4v) is 5.58. The molecule has 1 aliphatic heterocycles. The Hall–Kier alpha value is -3.08. The number of nitrogens with one attached hydrogen (secondary N) is 2. The number of hydrogen-bond acceptors (Lipinski definition) is 7. The highest BCUT2D eigenvalue weighted by atomic mass is 32.2. The molecular weight excluding hydrogens is 481 g/mol. The van der Waals surface area contributed by atoms with E-state index < -0.39 is 10.0 Å². The molecule has 4 rings (SSSR count). The van der Waals surface area contributed by atoms with Gasteiger partial charge >= 0.3 is 0 Å². The van der Waals surface area contributed by atoms with Crippen LogP contribution in [0, 0.1) is 5.82 Å². The zero-order valence-corrected chi connectivity index (χ0v) is 21.4. The number of halogens is 1. The summed E-state index contributed by atoms with van der Waals surface area (Å²) < 4.78 is 45.9. The number of rotatable bonds is 10. The molecule has 0 bridgehead atoms. The molecule has 0 spiro atoms. The Morgan fingerprint density at radius 2 is 1.97 bits per heavy atom. The Morgan fingerprint density at radius 3 is 2.69 bits per heavy atom. The predicted octanol–water partition coefficient (Wildman–Crippen LogP) is 3.46. The van der Waals surface area contributed by atoms with Gasteiger partial charge in [0, 0.05) is 36.5 Å². The van der Waals surface area contributed by atoms with Crippen molar-refractivity contribution >= 4 is 16.0 Å². The van der Waals surface area contributed by atoms with Crippen LogP contribution in [0.25, 0.3) is 11.3 Å². The minimum absolute atomic E-state index is 0.0532. The van der Waals surface area contributed by atoms with Crippen molar-refractivity contribution in [1.29, 1.82) is 0 Å². The van der Waals surface area contributed by atoms with Gasteiger partial charge in [0.2, 0.25) is 16.0 Å². The largest absolute Gasteiger partial charge is 0.496 e. The van der Waals surface area contributed by atoms with E-state index in [1.54, 1.807) is 23.7 Å². The second kappa shape index (κ2) is 11.8. The Labute approximate surface area is 212 Å². The van der Waals surface area contributed by atoms with Gasteiger partial charge in [0.25, 0.3) is 0 Å². The minimum atomic E-state index is -3.42. The molecule has 0 amide bonds. The lowest BCUT2D eigenvalue weighted by Crippen LogP contribution is -2.45. The van der Waals surface area contributed by atoms with E-state index in [1.165, 1.54) is 18.4 Å². The van der Waals surface area contributed by atoms with Crippen molar-refractivity contribution in [3.63, 3.8) is 0 Å². The van der Waals surface area contributed by atoms with Crippen LogP contribution in [0.4, 0.5) is 10.3 Å². The summed E-state index contributed by atoms with van der Waals surface area (Å²) in [6.45, 7) is 2.37. The number of ether oxygens (including phenoxy) is 1. The van der Waals surface area contributed by atoms with Crippen LogP contribution in [0.3, 0.4) is 0 Å². The van der Waals surface area contributed by atoms with Gasteiger partial charge in [-0.1, -0.05) is 12.1 Å². The third-order valence-corrected chi connectivity index (χ3v) is 7.56. The molecule has 10 heteroatoms. The lowest BCUT2D eigenvalue weighted by atomic mass is 10.0. The van der Waals surface area contributed by atoms with Crippen LogP contribution in [0.2, 0.25) is 0 Å². The van der Waals surface area contributed by atoms with Gasteiger partial charge in [-0.2, -0.15) is 4.31 Å². The molecule has 1 saturated heterocycles. The number of nitrogens with zero attached hydrogens (tertiary/aromatic N) is 3. The lowest BCUT2D eigenvalue weighted by molar-refractivity contribution is 0.255. The van der Waals surface area contributed by atoms with Crippen LogP contribution < -0.4 is 15.4 Å². The van der Waals surface area contributed by atoms with Crippen LogP contribution in [-0.4, -0.2) is 61.7 Å². The zero-order chi connectivity index (χ0) is 25.5. The van der Waals surface area contributed by atoms with Gasteiger partial charge in [0.15, 0.2) is 0 Å². The molecule has 36 heavy (non-hydrogen) atoms. The predicted molar refractivity (Wildman–Crippen MR) is 139 cm³/mol. The Balaban J connectivity index is 1.52. The molecule has 0 aliphatic carbocycles. The number of anilines is 1. The SMILES string of the molecule is COc1ccc(-c2ccnc(NCCc3cccc(F)c3)n2)cc1CN(C1CCNCC1)S(C)(=O)=O. The van der Waals surface area contributed by atoms with Crippen LogP contribution in [-0.2, 0) is 23.0 Å². The first-order valence-electron chi connectivity index (χ1n) is 12.0. The van der Waals surface area contributed by atoms with Crippen LogP contribution in [0.15, 0.2) is 54.7 Å². The standard InChI is InChI=1S/C26H32FN5O3S/c1-35-25-7-6-20(17-21(25)18-32(36(2,33)34)23-9-12-28-13-10-23)24-11-15-30-26(31-24)29-14-8-19-4-3-5-22(27)16-19/h3-7,11,15-17,23,28H,8-10,12-14,18H2,1-2H3,(H,29,30,31). The summed E-state index contributed by atoms with van der Waals surface area (Å²) in [5.74, 6) is 0.841. The van der Waals surface area contributed by atoms with E-state index in [1.807, 2.05) is 30.3 Å². The molecule has 0 atom stereocenters. The van der Waals surface area contributed by atoms with Gasteiger partial charge in [0.1, 0.15) is 11.6 Å². The fourth-order valence-electron chi connectivity index (χ4n) is 4.46. The normalized spacial score (nSPS) is 14.7. The van der Waals surface area contributed by atoms with E-state index in [-0.39, 0.29) is 18.4 Å². The van der Waals surface area contributed by atoms with Gasteiger partial charge in [-0.15, -0.1) is 0 Å². The smallest absolute Gasteiger partial charge is 0.223 e. The molecule has 2 heterocycles. The van der Waals surface area contributed by atoms with E-state index in [4.69, 9.17) is 4.74 Å². The highest BCUT2D eigenvalue weighted by Crippen LogP contribution is 2.29. The van der Waals surface area contributed by atoms with Crippen molar-refractivity contribution in [1.82, 2.24) is 19.6 Å². The second-order valence-electron chi connectivity index (χ2n) is 8.89. The average molecular weight is 514 g/mol. The molecule has 1 aromatic heterocycles. The summed E-state index contributed by atoms with van der Waals surface area (Å²) >= 11 is 0. The first-order valence-corrected chi connectivity index (χ1v) is 13.8. The number of hydrogen-bond donors (Lipinski definition) is 2. The summed E-state index contributed by atoms with van der Waals surface area (Å²) in [6.07, 6.45) is 5.11. The average Bonchev–Trinajstić information content (AvgIpc) is 2.87. The highest BCUT2D eigenvalue weighted by Gasteiger charge is 2.29. The van der Waals surface area contributed by atoms with Gasteiger partial charge in [0.05, 0.1) is 19.1 Å². The minimum Gasteiger partial charge on any atom is -0.496 e. The van der Waals surface area contributed by atoms with Crippen molar-refractivity contribution in [2.24, 2.45) is 0 Å². The summed E-state index contributed by atoms with van der Waals surface area (Å²) in [7, 11) is -1.83. The van der Waals surface area contributed by atoms with E-state index >= 15 is 0 Å².